The Kier molecular flexibility index (Phi) is 6.68. The van der Waals surface area contributed by atoms with Gasteiger partial charge in [-0.05, 0) is 32.7 Å². The van der Waals surface area contributed by atoms with E-state index in [1.54, 1.807) is 11.8 Å². The van der Waals surface area contributed by atoms with Gasteiger partial charge in [-0.3, -0.25) is 4.68 Å². The second kappa shape index (κ2) is 7.77. The maximum absolute atomic E-state index is 6.27. The van der Waals surface area contributed by atoms with Crippen molar-refractivity contribution in [2.45, 2.75) is 39.2 Å². The van der Waals surface area contributed by atoms with Crippen molar-refractivity contribution in [1.29, 1.82) is 0 Å². The Labute approximate surface area is 115 Å². The highest BCUT2D eigenvalue weighted by Gasteiger charge is 2.16. The molecule has 0 fully saturated rings. The highest BCUT2D eigenvalue weighted by molar-refractivity contribution is 6.30. The number of likely N-dealkylation sites (N-methyl/N-ethyl adjacent to an activating group) is 1. The summed E-state index contributed by atoms with van der Waals surface area (Å²) < 4.78 is 6.84. The Hall–Kier alpha value is -0.580. The zero-order chi connectivity index (χ0) is 13.5. The summed E-state index contributed by atoms with van der Waals surface area (Å²) in [5.74, 6) is 0. The molecule has 1 aromatic rings. The highest BCUT2D eigenvalue weighted by atomic mass is 35.5. The molecule has 1 N–H and O–H groups in total. The summed E-state index contributed by atoms with van der Waals surface area (Å²) in [5.41, 5.74) is 2.18. The van der Waals surface area contributed by atoms with Gasteiger partial charge in [-0.15, -0.1) is 0 Å². The first-order valence-corrected chi connectivity index (χ1v) is 6.88. The van der Waals surface area contributed by atoms with Gasteiger partial charge in [-0.25, -0.2) is 0 Å². The fourth-order valence-corrected chi connectivity index (χ4v) is 2.44. The standard InChI is InChI=1S/C13H24ClN3O/c1-5-15-11(7-6-8-18-4)9-12-10(2)16-17(3)13(12)14/h11,15H,5-9H2,1-4H3. The van der Waals surface area contributed by atoms with Crippen LogP contribution in [-0.4, -0.2) is 36.1 Å². The summed E-state index contributed by atoms with van der Waals surface area (Å²) in [6.45, 7) is 5.91. The number of nitrogens with zero attached hydrogens (tertiary/aromatic N) is 2. The number of nitrogens with one attached hydrogen (secondary N) is 1. The molecular weight excluding hydrogens is 250 g/mol. The first kappa shape index (κ1) is 15.5. The molecule has 0 bridgehead atoms. The van der Waals surface area contributed by atoms with E-state index in [1.165, 1.54) is 0 Å². The maximum atomic E-state index is 6.27. The summed E-state index contributed by atoms with van der Waals surface area (Å²) in [6.07, 6.45) is 3.08. The van der Waals surface area contributed by atoms with Gasteiger partial charge in [0.25, 0.3) is 0 Å². The van der Waals surface area contributed by atoms with Crippen molar-refractivity contribution in [2.24, 2.45) is 7.05 Å². The third-order valence-electron chi connectivity index (χ3n) is 3.11. The van der Waals surface area contributed by atoms with Crippen molar-refractivity contribution < 1.29 is 4.74 Å². The topological polar surface area (TPSA) is 39.1 Å². The van der Waals surface area contributed by atoms with Gasteiger partial charge in [0, 0.05) is 32.4 Å². The molecule has 0 aliphatic carbocycles. The Balaban J connectivity index is 2.64. The maximum Gasteiger partial charge on any atom is 0.130 e. The number of halogens is 1. The van der Waals surface area contributed by atoms with Crippen LogP contribution in [0, 0.1) is 6.92 Å². The second-order valence-electron chi connectivity index (χ2n) is 4.57. The quantitative estimate of drug-likeness (QED) is 0.739. The lowest BCUT2D eigenvalue weighted by Gasteiger charge is -2.17. The van der Waals surface area contributed by atoms with Crippen molar-refractivity contribution in [1.82, 2.24) is 15.1 Å². The molecule has 0 amide bonds. The molecule has 0 aromatic carbocycles. The largest absolute Gasteiger partial charge is 0.385 e. The summed E-state index contributed by atoms with van der Waals surface area (Å²) in [5, 5.41) is 8.61. The Morgan fingerprint density at radius 3 is 2.72 bits per heavy atom. The Bertz CT molecular complexity index is 365. The zero-order valence-corrected chi connectivity index (χ0v) is 12.5. The number of ether oxygens (including phenoxy) is 1. The van der Waals surface area contributed by atoms with Gasteiger partial charge in [0.1, 0.15) is 5.15 Å². The SMILES string of the molecule is CCNC(CCCOC)Cc1c(C)nn(C)c1Cl. The van der Waals surface area contributed by atoms with Crippen LogP contribution in [-0.2, 0) is 18.2 Å². The van der Waals surface area contributed by atoms with Crippen LogP contribution in [0.4, 0.5) is 0 Å². The number of hydrogen-bond donors (Lipinski definition) is 1. The van der Waals surface area contributed by atoms with E-state index in [1.807, 2.05) is 14.0 Å². The third-order valence-corrected chi connectivity index (χ3v) is 3.59. The monoisotopic (exact) mass is 273 g/mol. The van der Waals surface area contributed by atoms with Crippen molar-refractivity contribution in [3.63, 3.8) is 0 Å². The number of methoxy groups -OCH3 is 1. The Morgan fingerprint density at radius 2 is 2.22 bits per heavy atom. The van der Waals surface area contributed by atoms with E-state index in [4.69, 9.17) is 16.3 Å². The van der Waals surface area contributed by atoms with Crippen LogP contribution in [0.5, 0.6) is 0 Å². The van der Waals surface area contributed by atoms with Gasteiger partial charge < -0.3 is 10.1 Å². The van der Waals surface area contributed by atoms with E-state index in [0.717, 1.165) is 48.8 Å². The van der Waals surface area contributed by atoms with Gasteiger partial charge in [0.2, 0.25) is 0 Å². The molecule has 104 valence electrons. The lowest BCUT2D eigenvalue weighted by atomic mass is 10.0. The zero-order valence-electron chi connectivity index (χ0n) is 11.8. The first-order chi connectivity index (χ1) is 8.60. The molecule has 5 heteroatoms. The number of hydrogen-bond acceptors (Lipinski definition) is 3. The predicted octanol–water partition coefficient (Wildman–Crippen LogP) is 2.33. The molecule has 0 aliphatic heterocycles. The first-order valence-electron chi connectivity index (χ1n) is 6.50. The molecule has 1 heterocycles. The molecule has 1 aromatic heterocycles. The van der Waals surface area contributed by atoms with Gasteiger partial charge in [-0.1, -0.05) is 18.5 Å². The lowest BCUT2D eigenvalue weighted by molar-refractivity contribution is 0.188. The summed E-state index contributed by atoms with van der Waals surface area (Å²) in [6, 6.07) is 0.436. The minimum absolute atomic E-state index is 0.436. The van der Waals surface area contributed by atoms with E-state index in [2.05, 4.69) is 17.3 Å². The molecule has 0 saturated heterocycles. The molecule has 1 rings (SSSR count). The smallest absolute Gasteiger partial charge is 0.130 e. The summed E-state index contributed by atoms with van der Waals surface area (Å²) in [4.78, 5) is 0. The van der Waals surface area contributed by atoms with Crippen molar-refractivity contribution in [3.8, 4) is 0 Å². The van der Waals surface area contributed by atoms with E-state index < -0.39 is 0 Å². The van der Waals surface area contributed by atoms with Gasteiger partial charge in [0.15, 0.2) is 0 Å². The van der Waals surface area contributed by atoms with E-state index in [0.29, 0.717) is 6.04 Å². The van der Waals surface area contributed by atoms with Crippen molar-refractivity contribution >= 4 is 11.6 Å². The van der Waals surface area contributed by atoms with E-state index in [9.17, 15) is 0 Å². The van der Waals surface area contributed by atoms with Crippen LogP contribution in [0.1, 0.15) is 31.0 Å². The average Bonchev–Trinajstić information content (AvgIpc) is 2.56. The van der Waals surface area contributed by atoms with Crippen molar-refractivity contribution in [3.05, 3.63) is 16.4 Å². The lowest BCUT2D eigenvalue weighted by Crippen LogP contribution is -2.31. The van der Waals surface area contributed by atoms with E-state index in [-0.39, 0.29) is 0 Å². The molecule has 4 nitrogen and oxygen atoms in total. The van der Waals surface area contributed by atoms with Crippen LogP contribution in [0.2, 0.25) is 5.15 Å². The molecular formula is C13H24ClN3O. The van der Waals surface area contributed by atoms with Gasteiger partial charge >= 0.3 is 0 Å². The average molecular weight is 274 g/mol. The fourth-order valence-electron chi connectivity index (χ4n) is 2.19. The normalized spacial score (nSPS) is 12.9. The molecule has 0 radical (unpaired) electrons. The van der Waals surface area contributed by atoms with Crippen LogP contribution in [0.25, 0.3) is 0 Å². The number of rotatable bonds is 8. The summed E-state index contributed by atoms with van der Waals surface area (Å²) >= 11 is 6.27. The predicted molar refractivity (Wildman–Crippen MR) is 75.2 cm³/mol. The molecule has 1 atom stereocenters. The second-order valence-corrected chi connectivity index (χ2v) is 4.93. The van der Waals surface area contributed by atoms with Crippen LogP contribution >= 0.6 is 11.6 Å². The van der Waals surface area contributed by atoms with Crippen molar-refractivity contribution in [2.75, 3.05) is 20.3 Å². The number of aromatic nitrogens is 2. The van der Waals surface area contributed by atoms with Gasteiger partial charge in [-0.2, -0.15) is 5.10 Å². The molecule has 0 aliphatic rings. The van der Waals surface area contributed by atoms with Crippen LogP contribution in [0.15, 0.2) is 0 Å². The van der Waals surface area contributed by atoms with E-state index >= 15 is 0 Å². The highest BCUT2D eigenvalue weighted by Crippen LogP contribution is 2.21. The summed E-state index contributed by atoms with van der Waals surface area (Å²) in [7, 11) is 3.62. The molecule has 18 heavy (non-hydrogen) atoms. The molecule has 0 saturated carbocycles. The minimum atomic E-state index is 0.436. The minimum Gasteiger partial charge on any atom is -0.385 e. The third kappa shape index (κ3) is 4.26. The molecule has 1 unspecified atom stereocenters. The van der Waals surface area contributed by atoms with Crippen LogP contribution in [0.3, 0.4) is 0 Å². The molecule has 0 spiro atoms. The van der Waals surface area contributed by atoms with Gasteiger partial charge in [0.05, 0.1) is 5.69 Å². The number of aryl methyl sites for hydroxylation is 2. The Morgan fingerprint density at radius 1 is 1.50 bits per heavy atom. The van der Waals surface area contributed by atoms with Crippen LogP contribution < -0.4 is 5.32 Å². The fraction of sp³-hybridized carbons (Fsp3) is 0.769.